The Bertz CT molecular complexity index is 820. The van der Waals surface area contributed by atoms with Crippen molar-refractivity contribution in [2.45, 2.75) is 57.3 Å². The van der Waals surface area contributed by atoms with Crippen LogP contribution in [-0.4, -0.2) is 13.0 Å². The molecule has 120 valence electrons. The smallest absolute Gasteiger partial charge is 0.282 e. The van der Waals surface area contributed by atoms with Gasteiger partial charge in [-0.25, -0.2) is 0 Å². The lowest BCUT2D eigenvalue weighted by atomic mass is 9.73. The molecule has 0 bridgehead atoms. The van der Waals surface area contributed by atoms with E-state index in [1.54, 1.807) is 6.07 Å². The molecule has 0 aliphatic carbocycles. The van der Waals surface area contributed by atoms with Crippen molar-refractivity contribution in [3.05, 3.63) is 41.5 Å². The average molecular weight is 320 g/mol. The number of fused-ring (bicyclic) bond motifs is 1. The molecule has 2 aromatic rings. The molecule has 4 heteroatoms. The molecule has 0 saturated carbocycles. The van der Waals surface area contributed by atoms with Crippen LogP contribution in [0, 0.1) is 0 Å². The Kier molecular flexibility index (Phi) is 3.91. The van der Waals surface area contributed by atoms with E-state index in [2.05, 4.69) is 20.8 Å². The summed E-state index contributed by atoms with van der Waals surface area (Å²) < 4.78 is 33.7. The van der Waals surface area contributed by atoms with Gasteiger partial charge in [0.05, 0.1) is 4.90 Å². The number of hydrogen-bond acceptors (Lipinski definition) is 2. The van der Waals surface area contributed by atoms with E-state index in [9.17, 15) is 13.0 Å². The molecule has 0 amide bonds. The SMILES string of the molecule is CC(C)(C)c1c(S(=O)(=O)O)cc2ccccc2c1C(C)(C)C. The van der Waals surface area contributed by atoms with Crippen molar-refractivity contribution >= 4 is 20.9 Å². The molecule has 22 heavy (non-hydrogen) atoms. The van der Waals surface area contributed by atoms with E-state index in [4.69, 9.17) is 0 Å². The minimum atomic E-state index is -4.29. The molecule has 0 aliphatic heterocycles. The largest absolute Gasteiger partial charge is 0.294 e. The van der Waals surface area contributed by atoms with Crippen molar-refractivity contribution in [1.82, 2.24) is 0 Å². The van der Waals surface area contributed by atoms with Crippen molar-refractivity contribution in [3.8, 4) is 0 Å². The Balaban J connectivity index is 3.16. The highest BCUT2D eigenvalue weighted by Gasteiger charge is 2.33. The summed E-state index contributed by atoms with van der Waals surface area (Å²) in [5.74, 6) is 0. The van der Waals surface area contributed by atoms with Crippen LogP contribution in [0.1, 0.15) is 52.7 Å². The predicted molar refractivity (Wildman–Crippen MR) is 91.2 cm³/mol. The van der Waals surface area contributed by atoms with Gasteiger partial charge >= 0.3 is 0 Å². The first kappa shape index (κ1) is 17.0. The Morgan fingerprint density at radius 3 is 1.82 bits per heavy atom. The molecule has 0 saturated heterocycles. The third kappa shape index (κ3) is 3.03. The van der Waals surface area contributed by atoms with Gasteiger partial charge in [0.1, 0.15) is 0 Å². The lowest BCUT2D eigenvalue weighted by Gasteiger charge is -2.33. The first-order chi connectivity index (χ1) is 9.83. The zero-order valence-corrected chi connectivity index (χ0v) is 14.9. The third-order valence-corrected chi connectivity index (χ3v) is 4.67. The van der Waals surface area contributed by atoms with Gasteiger partial charge in [-0.1, -0.05) is 65.8 Å². The average Bonchev–Trinajstić information content (AvgIpc) is 2.33. The minimum absolute atomic E-state index is 0.0172. The van der Waals surface area contributed by atoms with E-state index < -0.39 is 15.5 Å². The molecule has 2 aromatic carbocycles. The van der Waals surface area contributed by atoms with Gasteiger partial charge in [0.15, 0.2) is 0 Å². The predicted octanol–water partition coefficient (Wildman–Crippen LogP) is 4.68. The van der Waals surface area contributed by atoms with Crippen molar-refractivity contribution < 1.29 is 13.0 Å². The number of hydrogen-bond donors (Lipinski definition) is 1. The maximum Gasteiger partial charge on any atom is 0.294 e. The van der Waals surface area contributed by atoms with Gasteiger partial charge in [0.25, 0.3) is 10.1 Å². The molecular formula is C18H24O3S. The molecule has 0 aromatic heterocycles. The molecular weight excluding hydrogens is 296 g/mol. The highest BCUT2D eigenvalue weighted by atomic mass is 32.2. The van der Waals surface area contributed by atoms with Crippen molar-refractivity contribution in [1.29, 1.82) is 0 Å². The monoisotopic (exact) mass is 320 g/mol. The van der Waals surface area contributed by atoms with Gasteiger partial charge in [0, 0.05) is 0 Å². The van der Waals surface area contributed by atoms with E-state index in [1.807, 2.05) is 45.0 Å². The zero-order chi connectivity index (χ0) is 16.9. The van der Waals surface area contributed by atoms with Gasteiger partial charge in [-0.15, -0.1) is 0 Å². The molecule has 0 fully saturated rings. The van der Waals surface area contributed by atoms with Crippen LogP contribution in [0.3, 0.4) is 0 Å². The van der Waals surface area contributed by atoms with E-state index >= 15 is 0 Å². The van der Waals surface area contributed by atoms with E-state index in [0.717, 1.165) is 16.3 Å². The van der Waals surface area contributed by atoms with Crippen LogP contribution in [0.25, 0.3) is 10.8 Å². The summed E-state index contributed by atoms with van der Waals surface area (Å²) in [5, 5.41) is 1.86. The molecule has 0 radical (unpaired) electrons. The lowest BCUT2D eigenvalue weighted by Crippen LogP contribution is -2.25. The zero-order valence-electron chi connectivity index (χ0n) is 14.1. The summed E-state index contributed by atoms with van der Waals surface area (Å²) >= 11 is 0. The minimum Gasteiger partial charge on any atom is -0.282 e. The second kappa shape index (κ2) is 5.07. The third-order valence-electron chi connectivity index (χ3n) is 3.79. The summed E-state index contributed by atoms with van der Waals surface area (Å²) in [6.45, 7) is 12.1. The fourth-order valence-electron chi connectivity index (χ4n) is 3.05. The Labute approximate surface area is 133 Å². The molecule has 2 rings (SSSR count). The van der Waals surface area contributed by atoms with Gasteiger partial charge in [-0.3, -0.25) is 4.55 Å². The molecule has 1 N–H and O–H groups in total. The van der Waals surface area contributed by atoms with Gasteiger partial charge in [-0.05, 0) is 38.8 Å². The van der Waals surface area contributed by atoms with Crippen LogP contribution >= 0.6 is 0 Å². The van der Waals surface area contributed by atoms with Crippen LogP contribution < -0.4 is 0 Å². The fraction of sp³-hybridized carbons (Fsp3) is 0.444. The van der Waals surface area contributed by atoms with Crippen LogP contribution in [-0.2, 0) is 20.9 Å². The quantitative estimate of drug-likeness (QED) is 0.776. The first-order valence-electron chi connectivity index (χ1n) is 7.37. The van der Waals surface area contributed by atoms with E-state index in [1.165, 1.54) is 0 Å². The van der Waals surface area contributed by atoms with Crippen molar-refractivity contribution in [2.24, 2.45) is 0 Å². The molecule has 0 atom stereocenters. The van der Waals surface area contributed by atoms with E-state index in [0.29, 0.717) is 5.56 Å². The van der Waals surface area contributed by atoms with E-state index in [-0.39, 0.29) is 10.3 Å². The standard InChI is InChI=1S/C18H24O3S/c1-17(2,3)15-13-10-8-7-9-12(13)11-14(22(19,20)21)16(15)18(4,5)6/h7-11H,1-6H3,(H,19,20,21). The Morgan fingerprint density at radius 2 is 1.36 bits per heavy atom. The summed E-state index contributed by atoms with van der Waals surface area (Å²) in [6, 6.07) is 9.31. The van der Waals surface area contributed by atoms with Crippen LogP contribution in [0.2, 0.25) is 0 Å². The number of rotatable bonds is 1. The van der Waals surface area contributed by atoms with Gasteiger partial charge in [0.2, 0.25) is 0 Å². The number of benzene rings is 2. The molecule has 0 heterocycles. The molecule has 0 spiro atoms. The maximum absolute atomic E-state index is 12.0. The summed E-state index contributed by atoms with van der Waals surface area (Å²) in [6.07, 6.45) is 0. The second-order valence-corrected chi connectivity index (χ2v) is 9.21. The van der Waals surface area contributed by atoms with Crippen LogP contribution in [0.5, 0.6) is 0 Å². The second-order valence-electron chi connectivity index (χ2n) is 7.82. The Hall–Kier alpha value is -1.39. The maximum atomic E-state index is 12.0. The first-order valence-corrected chi connectivity index (χ1v) is 8.81. The fourth-order valence-corrected chi connectivity index (χ4v) is 3.99. The highest BCUT2D eigenvalue weighted by molar-refractivity contribution is 7.85. The van der Waals surface area contributed by atoms with Gasteiger partial charge in [-0.2, -0.15) is 8.42 Å². The normalized spacial score (nSPS) is 13.6. The molecule has 0 aliphatic rings. The summed E-state index contributed by atoms with van der Waals surface area (Å²) in [7, 11) is -4.29. The summed E-state index contributed by atoms with van der Waals surface area (Å²) in [5.41, 5.74) is 1.02. The van der Waals surface area contributed by atoms with Crippen LogP contribution in [0.4, 0.5) is 0 Å². The van der Waals surface area contributed by atoms with Crippen LogP contribution in [0.15, 0.2) is 35.2 Å². The molecule has 3 nitrogen and oxygen atoms in total. The lowest BCUT2D eigenvalue weighted by molar-refractivity contribution is 0.472. The Morgan fingerprint density at radius 1 is 0.864 bits per heavy atom. The highest BCUT2D eigenvalue weighted by Crippen LogP contribution is 2.42. The van der Waals surface area contributed by atoms with Crippen molar-refractivity contribution in [3.63, 3.8) is 0 Å². The van der Waals surface area contributed by atoms with Gasteiger partial charge < -0.3 is 0 Å². The molecule has 0 unspecified atom stereocenters. The summed E-state index contributed by atoms with van der Waals surface area (Å²) in [4.78, 5) is 0.0172. The van der Waals surface area contributed by atoms with Crippen molar-refractivity contribution in [2.75, 3.05) is 0 Å². The topological polar surface area (TPSA) is 54.4 Å².